The van der Waals surface area contributed by atoms with E-state index in [2.05, 4.69) is 15.3 Å². The number of Topliss-reactive ketones (excluding diaryl/α,β-unsaturated/α-hetero) is 1. The van der Waals surface area contributed by atoms with Gasteiger partial charge in [0.25, 0.3) is 5.91 Å². The fraction of sp³-hybridized carbons (Fsp3) is 0.323. The highest BCUT2D eigenvalue weighted by Gasteiger charge is 2.38. The van der Waals surface area contributed by atoms with Crippen molar-refractivity contribution < 1.29 is 14.4 Å². The van der Waals surface area contributed by atoms with Crippen LogP contribution in [0.25, 0.3) is 11.0 Å². The van der Waals surface area contributed by atoms with Crippen molar-refractivity contribution in [2.24, 2.45) is 18.9 Å². The number of carbonyl (C=O) groups is 3. The topological polar surface area (TPSA) is 97.2 Å². The van der Waals surface area contributed by atoms with E-state index in [1.54, 1.807) is 35.5 Å². The Bertz CT molecular complexity index is 1590. The monoisotopic (exact) mass is 555 g/mol. The molecule has 2 amide bonds. The molecule has 1 aliphatic heterocycles. The second kappa shape index (κ2) is 10.8. The minimum Gasteiger partial charge on any atom is -0.348 e. The number of anilines is 1. The highest BCUT2D eigenvalue weighted by molar-refractivity contribution is 6.31. The van der Waals surface area contributed by atoms with E-state index in [1.165, 1.54) is 0 Å². The van der Waals surface area contributed by atoms with Crippen molar-refractivity contribution in [1.82, 2.24) is 19.4 Å². The molecule has 1 aliphatic carbocycles. The molecule has 1 N–H and O–H groups in total. The van der Waals surface area contributed by atoms with E-state index >= 15 is 0 Å². The van der Waals surface area contributed by atoms with Crippen LogP contribution in [-0.2, 0) is 18.3 Å². The van der Waals surface area contributed by atoms with Gasteiger partial charge in [-0.25, -0.2) is 0 Å². The molecule has 4 heterocycles. The lowest BCUT2D eigenvalue weighted by atomic mass is 9.78. The lowest BCUT2D eigenvalue weighted by Gasteiger charge is -2.35. The molecule has 3 aromatic heterocycles. The number of nitrogens with zero attached hydrogens (tertiary/aromatic N) is 4. The van der Waals surface area contributed by atoms with Gasteiger partial charge in [-0.1, -0.05) is 17.7 Å². The van der Waals surface area contributed by atoms with Crippen molar-refractivity contribution in [2.45, 2.75) is 38.1 Å². The molecule has 1 saturated carbocycles. The third kappa shape index (κ3) is 4.99. The van der Waals surface area contributed by atoms with Crippen molar-refractivity contribution in [3.63, 3.8) is 0 Å². The Hall–Kier alpha value is -4.04. The van der Waals surface area contributed by atoms with Crippen molar-refractivity contribution in [1.29, 1.82) is 0 Å². The van der Waals surface area contributed by atoms with Crippen LogP contribution in [0, 0.1) is 11.8 Å². The van der Waals surface area contributed by atoms with Gasteiger partial charge in [0, 0.05) is 55.2 Å². The summed E-state index contributed by atoms with van der Waals surface area (Å²) in [5, 5.41) is 3.37. The molecule has 0 unspecified atom stereocenters. The summed E-state index contributed by atoms with van der Waals surface area (Å²) in [7, 11) is 1.93. The average molecular weight is 556 g/mol. The summed E-state index contributed by atoms with van der Waals surface area (Å²) in [6.45, 7) is 0.433. The van der Waals surface area contributed by atoms with Gasteiger partial charge >= 0.3 is 0 Å². The zero-order valence-corrected chi connectivity index (χ0v) is 23.0. The summed E-state index contributed by atoms with van der Waals surface area (Å²) in [6.07, 6.45) is 8.66. The molecule has 0 spiro atoms. The zero-order chi connectivity index (χ0) is 27.8. The Balaban J connectivity index is 1.21. The Morgan fingerprint density at radius 2 is 1.82 bits per heavy atom. The fourth-order valence-corrected chi connectivity index (χ4v) is 6.26. The summed E-state index contributed by atoms with van der Waals surface area (Å²) >= 11 is 6.18. The first kappa shape index (κ1) is 26.2. The van der Waals surface area contributed by atoms with E-state index < -0.39 is 6.04 Å². The van der Waals surface area contributed by atoms with Crippen LogP contribution in [0.3, 0.4) is 0 Å². The van der Waals surface area contributed by atoms with Crippen LogP contribution in [0.5, 0.6) is 0 Å². The zero-order valence-electron chi connectivity index (χ0n) is 22.2. The SMILES string of the molecule is Cn1cc(C(=O)C2CCC(CN3C(=O)c4ccc(Cl)cc4NC(=O)[C@H]3Cc3ccccn3)CC2)c2ncccc21. The van der Waals surface area contributed by atoms with Gasteiger partial charge in [0.15, 0.2) is 5.78 Å². The van der Waals surface area contributed by atoms with Crippen LogP contribution >= 0.6 is 11.6 Å². The second-order valence-corrected chi connectivity index (χ2v) is 11.2. The molecular formula is C31H30ClN5O3. The molecule has 1 atom stereocenters. The predicted molar refractivity (Wildman–Crippen MR) is 153 cm³/mol. The minimum absolute atomic E-state index is 0.0841. The van der Waals surface area contributed by atoms with Gasteiger partial charge in [0.2, 0.25) is 5.91 Å². The number of hydrogen-bond acceptors (Lipinski definition) is 5. The number of halogens is 1. The van der Waals surface area contributed by atoms with Gasteiger partial charge in [-0.3, -0.25) is 24.4 Å². The minimum atomic E-state index is -0.713. The lowest BCUT2D eigenvalue weighted by molar-refractivity contribution is -0.120. The molecule has 6 rings (SSSR count). The number of hydrogen-bond donors (Lipinski definition) is 1. The number of benzene rings is 1. The molecule has 0 radical (unpaired) electrons. The number of amides is 2. The smallest absolute Gasteiger partial charge is 0.256 e. The maximum atomic E-state index is 13.9. The standard InChI is InChI=1S/C31H30ClN5O3/c1-36-18-24(28-26(36)6-4-14-34-28)29(38)20-9-7-19(8-10-20)17-37-27(16-22-5-2-3-13-33-22)30(39)35-25-15-21(32)11-12-23(25)31(37)40/h2-6,11-15,18-20,27H,7-10,16-17H2,1H3,(H,35,39)/t19?,20?,27-/m1/s1. The number of rotatable bonds is 6. The van der Waals surface area contributed by atoms with Gasteiger partial charge < -0.3 is 14.8 Å². The largest absolute Gasteiger partial charge is 0.348 e. The molecule has 1 aromatic carbocycles. The first-order valence-electron chi connectivity index (χ1n) is 13.6. The maximum Gasteiger partial charge on any atom is 0.256 e. The number of ketones is 1. The summed E-state index contributed by atoms with van der Waals surface area (Å²) in [5.41, 5.74) is 3.95. The Morgan fingerprint density at radius 3 is 2.60 bits per heavy atom. The second-order valence-electron chi connectivity index (χ2n) is 10.8. The summed E-state index contributed by atoms with van der Waals surface area (Å²) in [5.74, 6) is -0.240. The molecule has 9 heteroatoms. The molecule has 0 bridgehead atoms. The first-order chi connectivity index (χ1) is 19.4. The van der Waals surface area contributed by atoms with E-state index in [4.69, 9.17) is 11.6 Å². The molecule has 4 aromatic rings. The van der Waals surface area contributed by atoms with Gasteiger partial charge in [-0.15, -0.1) is 0 Å². The number of nitrogens with one attached hydrogen (secondary N) is 1. The van der Waals surface area contributed by atoms with E-state index in [9.17, 15) is 14.4 Å². The van der Waals surface area contributed by atoms with Crippen LogP contribution < -0.4 is 5.32 Å². The van der Waals surface area contributed by atoms with Crippen LogP contribution in [0.15, 0.2) is 67.1 Å². The fourth-order valence-electron chi connectivity index (χ4n) is 6.09. The van der Waals surface area contributed by atoms with E-state index in [0.717, 1.165) is 42.4 Å². The molecule has 2 aliphatic rings. The third-order valence-corrected chi connectivity index (χ3v) is 8.46. The number of pyridine rings is 2. The van der Waals surface area contributed by atoms with E-state index in [1.807, 2.05) is 48.1 Å². The first-order valence-corrected chi connectivity index (χ1v) is 14.0. The van der Waals surface area contributed by atoms with Crippen LogP contribution in [0.1, 0.15) is 52.1 Å². The number of aryl methyl sites for hydroxylation is 1. The Labute approximate surface area is 237 Å². The van der Waals surface area contributed by atoms with Crippen molar-refractivity contribution >= 4 is 45.9 Å². The van der Waals surface area contributed by atoms with E-state index in [0.29, 0.717) is 34.8 Å². The third-order valence-electron chi connectivity index (χ3n) is 8.22. The van der Waals surface area contributed by atoms with Crippen molar-refractivity contribution in [2.75, 3.05) is 11.9 Å². The normalized spacial score (nSPS) is 21.1. The molecule has 204 valence electrons. The van der Waals surface area contributed by atoms with Gasteiger partial charge in [0.05, 0.1) is 27.8 Å². The molecule has 40 heavy (non-hydrogen) atoms. The van der Waals surface area contributed by atoms with Crippen LogP contribution in [0.4, 0.5) is 5.69 Å². The summed E-state index contributed by atoms with van der Waals surface area (Å²) in [4.78, 5) is 51.4. The van der Waals surface area contributed by atoms with Gasteiger partial charge in [-0.05, 0) is 74.1 Å². The molecule has 0 saturated heterocycles. The highest BCUT2D eigenvalue weighted by atomic mass is 35.5. The van der Waals surface area contributed by atoms with Gasteiger partial charge in [0.1, 0.15) is 6.04 Å². The Morgan fingerprint density at radius 1 is 1.02 bits per heavy atom. The Kier molecular flexibility index (Phi) is 7.11. The highest BCUT2D eigenvalue weighted by Crippen LogP contribution is 2.35. The van der Waals surface area contributed by atoms with Crippen molar-refractivity contribution in [3.8, 4) is 0 Å². The van der Waals surface area contributed by atoms with E-state index in [-0.39, 0.29) is 29.4 Å². The number of aromatic nitrogens is 3. The molecule has 8 nitrogen and oxygen atoms in total. The molecule has 1 fully saturated rings. The summed E-state index contributed by atoms with van der Waals surface area (Å²) < 4.78 is 1.95. The maximum absolute atomic E-state index is 13.9. The van der Waals surface area contributed by atoms with Crippen LogP contribution in [0.2, 0.25) is 5.02 Å². The quantitative estimate of drug-likeness (QED) is 0.325. The van der Waals surface area contributed by atoms with Crippen LogP contribution in [-0.4, -0.2) is 49.6 Å². The number of fused-ring (bicyclic) bond motifs is 2. The average Bonchev–Trinajstić information content (AvgIpc) is 3.27. The van der Waals surface area contributed by atoms with Gasteiger partial charge in [-0.2, -0.15) is 0 Å². The lowest BCUT2D eigenvalue weighted by Crippen LogP contribution is -2.49. The number of carbonyl (C=O) groups excluding carboxylic acids is 3. The molecular weight excluding hydrogens is 526 g/mol. The van der Waals surface area contributed by atoms with Crippen molar-refractivity contribution in [3.05, 3.63) is 89.0 Å². The summed E-state index contributed by atoms with van der Waals surface area (Å²) in [6, 6.07) is 13.7. The predicted octanol–water partition coefficient (Wildman–Crippen LogP) is 5.32.